The quantitative estimate of drug-likeness (QED) is 0.393. The fourth-order valence-corrected chi connectivity index (χ4v) is 1.95. The van der Waals surface area contributed by atoms with E-state index >= 15 is 0 Å². The van der Waals surface area contributed by atoms with Crippen LogP contribution in [0.25, 0.3) is 0 Å². The van der Waals surface area contributed by atoms with Crippen LogP contribution < -0.4 is 0 Å². The van der Waals surface area contributed by atoms with Crippen LogP contribution in [0.4, 0.5) is 0 Å². The molecule has 0 saturated carbocycles. The zero-order valence-electron chi connectivity index (χ0n) is 13.2. The van der Waals surface area contributed by atoms with Crippen LogP contribution >= 0.6 is 0 Å². The summed E-state index contributed by atoms with van der Waals surface area (Å²) in [6.07, 6.45) is 9.37. The van der Waals surface area contributed by atoms with E-state index in [9.17, 15) is 4.79 Å². The molecule has 0 bridgehead atoms. The van der Waals surface area contributed by atoms with Gasteiger partial charge in [-0.3, -0.25) is 4.79 Å². The van der Waals surface area contributed by atoms with Gasteiger partial charge < -0.3 is 14.6 Å². The molecule has 0 radical (unpaired) electrons. The fraction of sp³-hybridized carbons (Fsp3) is 0.938. The third kappa shape index (κ3) is 12.4. The van der Waals surface area contributed by atoms with Crippen molar-refractivity contribution in [2.75, 3.05) is 19.8 Å². The normalized spacial score (nSPS) is 12.3. The smallest absolute Gasteiger partial charge is 0.306 e. The van der Waals surface area contributed by atoms with Crippen LogP contribution in [0.2, 0.25) is 0 Å². The summed E-state index contributed by atoms with van der Waals surface area (Å²) < 4.78 is 10.6. The second kappa shape index (κ2) is 14.8. The molecule has 0 saturated heterocycles. The first-order valence-electron chi connectivity index (χ1n) is 8.12. The highest BCUT2D eigenvalue weighted by atomic mass is 16.6. The predicted octanol–water partition coefficient (Wildman–Crippen LogP) is 3.46. The summed E-state index contributed by atoms with van der Waals surface area (Å²) >= 11 is 0. The molecule has 20 heavy (non-hydrogen) atoms. The second-order valence-corrected chi connectivity index (χ2v) is 5.24. The number of esters is 1. The number of aliphatic hydroxyl groups is 1. The Balaban J connectivity index is 3.40. The lowest BCUT2D eigenvalue weighted by molar-refractivity contribution is -0.154. The minimum Gasteiger partial charge on any atom is -0.457 e. The molecule has 0 aromatic heterocycles. The molecule has 120 valence electrons. The van der Waals surface area contributed by atoms with Crippen LogP contribution in [0.15, 0.2) is 0 Å². The van der Waals surface area contributed by atoms with Crippen molar-refractivity contribution in [1.82, 2.24) is 0 Å². The number of hydrogen-bond acceptors (Lipinski definition) is 4. The molecular weight excluding hydrogens is 256 g/mol. The summed E-state index contributed by atoms with van der Waals surface area (Å²) in [5.74, 6) is -0.258. The van der Waals surface area contributed by atoms with E-state index in [0.29, 0.717) is 19.6 Å². The molecule has 0 aromatic rings. The van der Waals surface area contributed by atoms with Gasteiger partial charge in [-0.05, 0) is 12.8 Å². The molecule has 0 aliphatic rings. The van der Waals surface area contributed by atoms with Gasteiger partial charge in [0, 0.05) is 13.0 Å². The Hall–Kier alpha value is -0.610. The Morgan fingerprint density at radius 3 is 2.25 bits per heavy atom. The van der Waals surface area contributed by atoms with Crippen LogP contribution in [0.1, 0.15) is 71.6 Å². The molecule has 0 rings (SSSR count). The molecule has 0 aliphatic heterocycles. The first-order chi connectivity index (χ1) is 9.74. The van der Waals surface area contributed by atoms with Crippen molar-refractivity contribution in [2.24, 2.45) is 0 Å². The van der Waals surface area contributed by atoms with Gasteiger partial charge >= 0.3 is 5.97 Å². The van der Waals surface area contributed by atoms with E-state index in [2.05, 4.69) is 6.92 Å². The summed E-state index contributed by atoms with van der Waals surface area (Å²) in [5.41, 5.74) is 0. The predicted molar refractivity (Wildman–Crippen MR) is 80.7 cm³/mol. The summed E-state index contributed by atoms with van der Waals surface area (Å²) in [7, 11) is 0. The molecular formula is C16H32O4. The van der Waals surface area contributed by atoms with E-state index < -0.39 is 6.10 Å². The van der Waals surface area contributed by atoms with Crippen LogP contribution in [0.3, 0.4) is 0 Å². The molecule has 1 unspecified atom stereocenters. The summed E-state index contributed by atoms with van der Waals surface area (Å²) in [5, 5.41) is 9.11. The number of unbranched alkanes of at least 4 members (excludes halogenated alkanes) is 6. The maximum Gasteiger partial charge on any atom is 0.306 e. The third-order valence-electron chi connectivity index (χ3n) is 3.15. The van der Waals surface area contributed by atoms with Crippen molar-refractivity contribution in [3.05, 3.63) is 0 Å². The number of carbonyl (C=O) groups excluding carboxylic acids is 1. The maximum atomic E-state index is 11.3. The third-order valence-corrected chi connectivity index (χ3v) is 3.15. The maximum absolute atomic E-state index is 11.3. The first-order valence-corrected chi connectivity index (χ1v) is 8.12. The van der Waals surface area contributed by atoms with E-state index in [0.717, 1.165) is 12.8 Å². The van der Waals surface area contributed by atoms with Crippen molar-refractivity contribution in [3.63, 3.8) is 0 Å². The summed E-state index contributed by atoms with van der Waals surface area (Å²) in [6.45, 7) is 4.94. The molecule has 4 heteroatoms. The van der Waals surface area contributed by atoms with Crippen LogP contribution in [-0.4, -0.2) is 37.0 Å². The van der Waals surface area contributed by atoms with Crippen molar-refractivity contribution in [1.29, 1.82) is 0 Å². The molecule has 4 nitrogen and oxygen atoms in total. The molecule has 0 spiro atoms. The lowest BCUT2D eigenvalue weighted by atomic mass is 10.1. The highest BCUT2D eigenvalue weighted by Crippen LogP contribution is 2.07. The van der Waals surface area contributed by atoms with Crippen molar-refractivity contribution in [3.8, 4) is 0 Å². The van der Waals surface area contributed by atoms with Gasteiger partial charge in [-0.1, -0.05) is 52.4 Å². The Morgan fingerprint density at radius 2 is 1.65 bits per heavy atom. The lowest BCUT2D eigenvalue weighted by Gasteiger charge is -2.15. The first kappa shape index (κ1) is 19.4. The van der Waals surface area contributed by atoms with Crippen LogP contribution in [0, 0.1) is 0 Å². The standard InChI is InChI=1S/C16H32O4/c1-3-5-6-7-8-9-10-12-19-14-15(13-17)20-16(18)11-4-2/h15,17H,3-14H2,1-2H3. The Morgan fingerprint density at radius 1 is 1.00 bits per heavy atom. The lowest BCUT2D eigenvalue weighted by Crippen LogP contribution is -2.27. The van der Waals surface area contributed by atoms with Gasteiger partial charge in [0.2, 0.25) is 0 Å². The van der Waals surface area contributed by atoms with Gasteiger partial charge in [-0.25, -0.2) is 0 Å². The number of rotatable bonds is 14. The summed E-state index contributed by atoms with van der Waals surface area (Å²) in [4.78, 5) is 11.3. The van der Waals surface area contributed by atoms with Gasteiger partial charge in [-0.2, -0.15) is 0 Å². The average Bonchev–Trinajstić information content (AvgIpc) is 2.44. The number of aliphatic hydroxyl groups excluding tert-OH is 1. The SMILES string of the molecule is CCCCCCCCCOCC(CO)OC(=O)CCC. The van der Waals surface area contributed by atoms with E-state index in [4.69, 9.17) is 14.6 Å². The molecule has 1 N–H and O–H groups in total. The number of ether oxygens (including phenoxy) is 2. The molecule has 0 aliphatic carbocycles. The van der Waals surface area contributed by atoms with Crippen LogP contribution in [0.5, 0.6) is 0 Å². The molecule has 1 atom stereocenters. The van der Waals surface area contributed by atoms with Gasteiger partial charge in [0.05, 0.1) is 13.2 Å². The monoisotopic (exact) mass is 288 g/mol. The van der Waals surface area contributed by atoms with E-state index in [1.54, 1.807) is 0 Å². The van der Waals surface area contributed by atoms with E-state index in [-0.39, 0.29) is 12.6 Å². The van der Waals surface area contributed by atoms with Gasteiger partial charge in [0.25, 0.3) is 0 Å². The van der Waals surface area contributed by atoms with Crippen molar-refractivity contribution in [2.45, 2.75) is 77.7 Å². The zero-order chi connectivity index (χ0) is 15.1. The molecule has 0 aromatic carbocycles. The van der Waals surface area contributed by atoms with Crippen molar-refractivity contribution < 1.29 is 19.4 Å². The topological polar surface area (TPSA) is 55.8 Å². The number of hydrogen-bond donors (Lipinski definition) is 1. The van der Waals surface area contributed by atoms with E-state index in [1.165, 1.54) is 38.5 Å². The molecule has 0 amide bonds. The van der Waals surface area contributed by atoms with Crippen molar-refractivity contribution >= 4 is 5.97 Å². The summed E-state index contributed by atoms with van der Waals surface area (Å²) in [6, 6.07) is 0. The van der Waals surface area contributed by atoms with E-state index in [1.807, 2.05) is 6.92 Å². The van der Waals surface area contributed by atoms with Crippen LogP contribution in [-0.2, 0) is 14.3 Å². The molecule has 0 heterocycles. The largest absolute Gasteiger partial charge is 0.457 e. The minimum absolute atomic E-state index is 0.174. The fourth-order valence-electron chi connectivity index (χ4n) is 1.95. The zero-order valence-corrected chi connectivity index (χ0v) is 13.2. The minimum atomic E-state index is -0.515. The average molecular weight is 288 g/mol. The Labute approximate surface area is 123 Å². The Kier molecular flexibility index (Phi) is 14.3. The van der Waals surface area contributed by atoms with Gasteiger partial charge in [0.15, 0.2) is 0 Å². The van der Waals surface area contributed by atoms with Gasteiger partial charge in [-0.15, -0.1) is 0 Å². The second-order valence-electron chi connectivity index (χ2n) is 5.24. The highest BCUT2D eigenvalue weighted by Gasteiger charge is 2.12. The number of carbonyl (C=O) groups is 1. The Bertz CT molecular complexity index is 219. The highest BCUT2D eigenvalue weighted by molar-refractivity contribution is 5.69. The van der Waals surface area contributed by atoms with Gasteiger partial charge in [0.1, 0.15) is 6.10 Å². The molecule has 0 fully saturated rings.